The number of carbonyl (C=O) groups is 1. The van der Waals surface area contributed by atoms with Crippen molar-refractivity contribution in [2.24, 2.45) is 0 Å². The predicted molar refractivity (Wildman–Crippen MR) is 57.8 cm³/mol. The van der Waals surface area contributed by atoms with Gasteiger partial charge in [-0.1, -0.05) is 0 Å². The highest BCUT2D eigenvalue weighted by molar-refractivity contribution is 5.67. The molecular formula is C11H21NO3. The van der Waals surface area contributed by atoms with Crippen LogP contribution in [-0.2, 0) is 9.47 Å². The van der Waals surface area contributed by atoms with Crippen molar-refractivity contribution in [3.05, 3.63) is 0 Å². The first kappa shape index (κ1) is 12.3. The summed E-state index contributed by atoms with van der Waals surface area (Å²) >= 11 is 0. The molecule has 1 aliphatic rings. The van der Waals surface area contributed by atoms with Crippen LogP contribution < -0.4 is 5.32 Å². The number of hydrogen-bond donors (Lipinski definition) is 1. The molecule has 0 atom stereocenters. The molecule has 4 nitrogen and oxygen atoms in total. The number of ether oxygens (including phenoxy) is 2. The molecule has 4 heteroatoms. The average Bonchev–Trinajstić information content (AvgIpc) is 1.99. The Morgan fingerprint density at radius 1 is 1.40 bits per heavy atom. The standard InChI is InChI=1S/C11H21NO3/c1-10(2,3)15-9(13)12-8-11(14-4)6-5-7-11/h5-8H2,1-4H3,(H,12,13). The highest BCUT2D eigenvalue weighted by Crippen LogP contribution is 2.34. The van der Waals surface area contributed by atoms with Gasteiger partial charge in [-0.2, -0.15) is 0 Å². The first-order valence-electron chi connectivity index (χ1n) is 5.39. The number of alkyl carbamates (subject to hydrolysis) is 1. The van der Waals surface area contributed by atoms with Crippen molar-refractivity contribution in [3.8, 4) is 0 Å². The van der Waals surface area contributed by atoms with E-state index in [-0.39, 0.29) is 11.7 Å². The van der Waals surface area contributed by atoms with Crippen molar-refractivity contribution in [1.29, 1.82) is 0 Å². The van der Waals surface area contributed by atoms with Gasteiger partial charge in [0.15, 0.2) is 0 Å². The number of amides is 1. The Balaban J connectivity index is 2.27. The van der Waals surface area contributed by atoms with Crippen LogP contribution >= 0.6 is 0 Å². The minimum absolute atomic E-state index is 0.142. The fraction of sp³-hybridized carbons (Fsp3) is 0.909. The fourth-order valence-corrected chi connectivity index (χ4v) is 1.57. The SMILES string of the molecule is COC1(CNC(=O)OC(C)(C)C)CCC1. The largest absolute Gasteiger partial charge is 0.444 e. The van der Waals surface area contributed by atoms with Crippen LogP contribution in [0.4, 0.5) is 4.79 Å². The van der Waals surface area contributed by atoms with Gasteiger partial charge in [0, 0.05) is 13.7 Å². The minimum atomic E-state index is -0.441. The molecule has 1 saturated carbocycles. The molecule has 1 N–H and O–H groups in total. The van der Waals surface area contributed by atoms with E-state index in [4.69, 9.17) is 9.47 Å². The molecule has 1 rings (SSSR count). The second-order valence-corrected chi connectivity index (χ2v) is 5.10. The van der Waals surface area contributed by atoms with Gasteiger partial charge in [0.25, 0.3) is 0 Å². The highest BCUT2D eigenvalue weighted by Gasteiger charge is 2.37. The molecule has 0 aromatic carbocycles. The monoisotopic (exact) mass is 215 g/mol. The van der Waals surface area contributed by atoms with Crippen LogP contribution in [0.1, 0.15) is 40.0 Å². The van der Waals surface area contributed by atoms with Crippen LogP contribution in [-0.4, -0.2) is 30.9 Å². The molecule has 0 radical (unpaired) electrons. The smallest absolute Gasteiger partial charge is 0.407 e. The lowest BCUT2D eigenvalue weighted by Gasteiger charge is -2.40. The van der Waals surface area contributed by atoms with Crippen molar-refractivity contribution in [2.75, 3.05) is 13.7 Å². The zero-order valence-corrected chi connectivity index (χ0v) is 10.1. The maximum atomic E-state index is 11.4. The Hall–Kier alpha value is -0.770. The number of rotatable bonds is 3. The van der Waals surface area contributed by atoms with Crippen LogP contribution in [0.25, 0.3) is 0 Å². The maximum absolute atomic E-state index is 11.4. The van der Waals surface area contributed by atoms with E-state index < -0.39 is 5.60 Å². The Labute approximate surface area is 91.3 Å². The van der Waals surface area contributed by atoms with Gasteiger partial charge in [0.05, 0.1) is 5.60 Å². The van der Waals surface area contributed by atoms with Crippen molar-refractivity contribution in [2.45, 2.75) is 51.2 Å². The van der Waals surface area contributed by atoms with Gasteiger partial charge in [-0.15, -0.1) is 0 Å². The molecule has 0 heterocycles. The Kier molecular flexibility index (Phi) is 3.60. The van der Waals surface area contributed by atoms with Gasteiger partial charge >= 0.3 is 6.09 Å². The quantitative estimate of drug-likeness (QED) is 0.784. The van der Waals surface area contributed by atoms with Crippen molar-refractivity contribution in [3.63, 3.8) is 0 Å². The zero-order valence-electron chi connectivity index (χ0n) is 10.1. The third-order valence-electron chi connectivity index (χ3n) is 2.65. The number of methoxy groups -OCH3 is 1. The fourth-order valence-electron chi connectivity index (χ4n) is 1.57. The molecule has 0 bridgehead atoms. The second kappa shape index (κ2) is 4.39. The van der Waals surface area contributed by atoms with Gasteiger partial charge in [0.2, 0.25) is 0 Å². The Bertz CT molecular complexity index is 223. The maximum Gasteiger partial charge on any atom is 0.407 e. The summed E-state index contributed by atoms with van der Waals surface area (Å²) in [6.45, 7) is 6.09. The van der Waals surface area contributed by atoms with Gasteiger partial charge < -0.3 is 14.8 Å². The summed E-state index contributed by atoms with van der Waals surface area (Å²) in [4.78, 5) is 11.4. The zero-order chi connectivity index (χ0) is 11.5. The summed E-state index contributed by atoms with van der Waals surface area (Å²) in [6, 6.07) is 0. The van der Waals surface area contributed by atoms with Gasteiger partial charge in [-0.05, 0) is 40.0 Å². The Morgan fingerprint density at radius 3 is 2.33 bits per heavy atom. The summed E-state index contributed by atoms with van der Waals surface area (Å²) in [5.41, 5.74) is -0.583. The Morgan fingerprint density at radius 2 is 2.00 bits per heavy atom. The van der Waals surface area contributed by atoms with E-state index >= 15 is 0 Å². The third-order valence-corrected chi connectivity index (χ3v) is 2.65. The molecule has 1 fully saturated rings. The first-order valence-corrected chi connectivity index (χ1v) is 5.39. The van der Waals surface area contributed by atoms with E-state index in [9.17, 15) is 4.79 Å². The van der Waals surface area contributed by atoms with Crippen molar-refractivity contribution in [1.82, 2.24) is 5.32 Å². The van der Waals surface area contributed by atoms with E-state index in [1.807, 2.05) is 20.8 Å². The highest BCUT2D eigenvalue weighted by atomic mass is 16.6. The summed E-state index contributed by atoms with van der Waals surface area (Å²) in [5, 5.41) is 2.75. The van der Waals surface area contributed by atoms with Crippen molar-refractivity contribution >= 4 is 6.09 Å². The van der Waals surface area contributed by atoms with E-state index in [2.05, 4.69) is 5.32 Å². The number of nitrogens with one attached hydrogen (secondary N) is 1. The molecule has 0 spiro atoms. The normalized spacial score (nSPS) is 19.2. The molecule has 1 amide bonds. The third kappa shape index (κ3) is 3.70. The minimum Gasteiger partial charge on any atom is -0.444 e. The van der Waals surface area contributed by atoms with Crippen LogP contribution in [0.2, 0.25) is 0 Å². The summed E-state index contributed by atoms with van der Waals surface area (Å²) < 4.78 is 10.5. The van der Waals surface area contributed by atoms with Gasteiger partial charge in [-0.3, -0.25) is 0 Å². The van der Waals surface area contributed by atoms with Crippen LogP contribution in [0.15, 0.2) is 0 Å². The van der Waals surface area contributed by atoms with Crippen LogP contribution in [0.5, 0.6) is 0 Å². The van der Waals surface area contributed by atoms with Gasteiger partial charge in [0.1, 0.15) is 5.60 Å². The predicted octanol–water partition coefficient (Wildman–Crippen LogP) is 2.08. The van der Waals surface area contributed by atoms with Crippen molar-refractivity contribution < 1.29 is 14.3 Å². The molecule has 15 heavy (non-hydrogen) atoms. The van der Waals surface area contributed by atoms with E-state index in [1.165, 1.54) is 6.42 Å². The lowest BCUT2D eigenvalue weighted by Crippen LogP contribution is -2.50. The summed E-state index contributed by atoms with van der Waals surface area (Å²) in [5.74, 6) is 0. The average molecular weight is 215 g/mol. The molecule has 88 valence electrons. The van der Waals surface area contributed by atoms with E-state index in [0.717, 1.165) is 12.8 Å². The first-order chi connectivity index (χ1) is 6.87. The van der Waals surface area contributed by atoms with E-state index in [1.54, 1.807) is 7.11 Å². The topological polar surface area (TPSA) is 47.6 Å². The lowest BCUT2D eigenvalue weighted by atomic mass is 9.80. The second-order valence-electron chi connectivity index (χ2n) is 5.10. The molecule has 0 saturated heterocycles. The molecule has 0 aromatic rings. The molecule has 1 aliphatic carbocycles. The van der Waals surface area contributed by atoms with Gasteiger partial charge in [-0.25, -0.2) is 4.79 Å². The molecule has 0 unspecified atom stereocenters. The molecule has 0 aromatic heterocycles. The summed E-state index contributed by atoms with van der Waals surface area (Å²) in [7, 11) is 1.69. The molecular weight excluding hydrogens is 194 g/mol. The molecule has 0 aliphatic heterocycles. The van der Waals surface area contributed by atoms with Crippen LogP contribution in [0.3, 0.4) is 0 Å². The lowest BCUT2D eigenvalue weighted by molar-refractivity contribution is -0.0699. The summed E-state index contributed by atoms with van der Waals surface area (Å²) in [6.07, 6.45) is 2.83. The van der Waals surface area contributed by atoms with E-state index in [0.29, 0.717) is 6.54 Å². The number of hydrogen-bond acceptors (Lipinski definition) is 3. The number of carbonyl (C=O) groups excluding carboxylic acids is 1. The van der Waals surface area contributed by atoms with Crippen LogP contribution in [0, 0.1) is 0 Å².